The number of nitrogens with zero attached hydrogens (tertiary/aromatic N) is 2. The van der Waals surface area contributed by atoms with Crippen LogP contribution in [0.3, 0.4) is 0 Å². The summed E-state index contributed by atoms with van der Waals surface area (Å²) in [5, 5.41) is 8.54. The molecule has 0 saturated heterocycles. The molecule has 0 spiro atoms. The van der Waals surface area contributed by atoms with Gasteiger partial charge in [-0.05, 0) is 28.1 Å². The van der Waals surface area contributed by atoms with Gasteiger partial charge in [-0.2, -0.15) is 4.39 Å². The van der Waals surface area contributed by atoms with Crippen molar-refractivity contribution in [1.82, 2.24) is 9.55 Å². The lowest BCUT2D eigenvalue weighted by Gasteiger charge is -2.03. The first-order chi connectivity index (χ1) is 8.49. The van der Waals surface area contributed by atoms with E-state index in [1.54, 1.807) is 0 Å². The van der Waals surface area contributed by atoms with Crippen LogP contribution in [0, 0.1) is 5.82 Å². The second kappa shape index (κ2) is 4.73. The van der Waals surface area contributed by atoms with Crippen LogP contribution in [0.5, 0.6) is 0 Å². The van der Waals surface area contributed by atoms with E-state index in [-0.39, 0.29) is 11.5 Å². The molecule has 1 N–H and O–H groups in total. The molecule has 18 heavy (non-hydrogen) atoms. The van der Waals surface area contributed by atoms with Gasteiger partial charge in [0.2, 0.25) is 5.82 Å². The summed E-state index contributed by atoms with van der Waals surface area (Å²) in [5.74, 6) is -2.33. The van der Waals surface area contributed by atoms with Crippen LogP contribution >= 0.6 is 15.9 Å². The lowest BCUT2D eigenvalue weighted by molar-refractivity contribution is -0.137. The number of carbonyl (C=O) groups is 1. The zero-order valence-electron chi connectivity index (χ0n) is 8.76. The highest BCUT2D eigenvalue weighted by Gasteiger charge is 2.16. The highest BCUT2D eigenvalue weighted by Crippen LogP contribution is 2.23. The Bertz CT molecular complexity index is 664. The van der Waals surface area contributed by atoms with Gasteiger partial charge in [0.15, 0.2) is 10.4 Å². The molecule has 0 atom stereocenters. The fourth-order valence-electron chi connectivity index (χ4n) is 1.34. The third-order valence-electron chi connectivity index (χ3n) is 2.09. The average molecular weight is 317 g/mol. The normalized spacial score (nSPS) is 10.6. The monoisotopic (exact) mass is 316 g/mol. The molecule has 0 radical (unpaired) electrons. The van der Waals surface area contributed by atoms with Crippen LogP contribution in [0.4, 0.5) is 4.39 Å². The molecule has 0 aliphatic rings. The molecule has 0 fully saturated rings. The van der Waals surface area contributed by atoms with Gasteiger partial charge in [-0.25, -0.2) is 4.98 Å². The van der Waals surface area contributed by atoms with Crippen molar-refractivity contribution in [3.8, 4) is 11.5 Å². The minimum atomic E-state index is -1.26. The summed E-state index contributed by atoms with van der Waals surface area (Å²) in [5.41, 5.74) is -1.32. The SMILES string of the molecule is O=C(O)Cn1cnc(-c2ccc(Br)o2)c(F)c1=O. The van der Waals surface area contributed by atoms with Crippen LogP contribution < -0.4 is 5.56 Å². The van der Waals surface area contributed by atoms with E-state index in [0.29, 0.717) is 9.24 Å². The molecule has 0 amide bonds. The molecule has 2 aromatic heterocycles. The summed E-state index contributed by atoms with van der Waals surface area (Å²) >= 11 is 3.04. The van der Waals surface area contributed by atoms with Gasteiger partial charge in [0.25, 0.3) is 5.56 Å². The highest BCUT2D eigenvalue weighted by molar-refractivity contribution is 9.10. The minimum absolute atomic E-state index is 0.0824. The number of rotatable bonds is 3. The molecule has 0 bridgehead atoms. The van der Waals surface area contributed by atoms with Gasteiger partial charge in [-0.15, -0.1) is 0 Å². The van der Waals surface area contributed by atoms with E-state index in [4.69, 9.17) is 9.52 Å². The summed E-state index contributed by atoms with van der Waals surface area (Å²) < 4.78 is 19.9. The second-order valence-electron chi connectivity index (χ2n) is 3.34. The van der Waals surface area contributed by atoms with Crippen LogP contribution in [-0.4, -0.2) is 20.6 Å². The van der Waals surface area contributed by atoms with E-state index in [1.165, 1.54) is 12.1 Å². The maximum Gasteiger partial charge on any atom is 0.323 e. The summed E-state index contributed by atoms with van der Waals surface area (Å²) in [7, 11) is 0. The van der Waals surface area contributed by atoms with Crippen molar-refractivity contribution in [3.05, 3.63) is 39.3 Å². The lowest BCUT2D eigenvalue weighted by atomic mass is 10.3. The number of furan rings is 1. The second-order valence-corrected chi connectivity index (χ2v) is 4.12. The van der Waals surface area contributed by atoms with Crippen molar-refractivity contribution < 1.29 is 18.7 Å². The molecule has 8 heteroatoms. The first-order valence-corrected chi connectivity index (χ1v) is 5.51. The third kappa shape index (κ3) is 2.33. The molecule has 6 nitrogen and oxygen atoms in total. The quantitative estimate of drug-likeness (QED) is 0.927. The predicted octanol–water partition coefficient (Wildman–Crippen LogP) is 1.49. The van der Waals surface area contributed by atoms with Crippen molar-refractivity contribution in [2.24, 2.45) is 0 Å². The van der Waals surface area contributed by atoms with E-state index in [9.17, 15) is 14.0 Å². The third-order valence-corrected chi connectivity index (χ3v) is 2.52. The molecule has 0 aromatic carbocycles. The molecule has 2 rings (SSSR count). The first kappa shape index (κ1) is 12.5. The van der Waals surface area contributed by atoms with Gasteiger partial charge < -0.3 is 9.52 Å². The standard InChI is InChI=1S/C10H6BrFN2O4/c11-6-2-1-5(18-6)9-8(12)10(17)14(4-13-9)3-7(15)16/h1-2,4H,3H2,(H,15,16). The fraction of sp³-hybridized carbons (Fsp3) is 0.100. The number of halogens is 2. The van der Waals surface area contributed by atoms with Crippen LogP contribution in [0.15, 0.2) is 32.3 Å². The van der Waals surface area contributed by atoms with Crippen molar-refractivity contribution in [1.29, 1.82) is 0 Å². The van der Waals surface area contributed by atoms with Crippen molar-refractivity contribution in [3.63, 3.8) is 0 Å². The van der Waals surface area contributed by atoms with Crippen LogP contribution in [0.25, 0.3) is 11.5 Å². The van der Waals surface area contributed by atoms with E-state index >= 15 is 0 Å². The number of carboxylic acid groups (broad SMARTS) is 1. The molecule has 0 saturated carbocycles. The summed E-state index contributed by atoms with van der Waals surface area (Å²) in [6.07, 6.45) is 0.964. The smallest absolute Gasteiger partial charge is 0.323 e. The molecule has 2 aromatic rings. The molecular weight excluding hydrogens is 311 g/mol. The predicted molar refractivity (Wildman–Crippen MR) is 61.5 cm³/mol. The van der Waals surface area contributed by atoms with Crippen molar-refractivity contribution >= 4 is 21.9 Å². The number of hydrogen-bond donors (Lipinski definition) is 1. The molecule has 0 aliphatic heterocycles. The highest BCUT2D eigenvalue weighted by atomic mass is 79.9. The Balaban J connectivity index is 2.50. The Kier molecular flexibility index (Phi) is 3.28. The molecule has 2 heterocycles. The van der Waals surface area contributed by atoms with Gasteiger partial charge in [-0.1, -0.05) is 0 Å². The zero-order chi connectivity index (χ0) is 13.3. The molecular formula is C10H6BrFN2O4. The molecule has 0 unspecified atom stereocenters. The van der Waals surface area contributed by atoms with Crippen LogP contribution in [-0.2, 0) is 11.3 Å². The van der Waals surface area contributed by atoms with Gasteiger partial charge in [-0.3, -0.25) is 14.2 Å². The topological polar surface area (TPSA) is 85.3 Å². The summed E-state index contributed by atoms with van der Waals surface area (Å²) in [6.45, 7) is -0.648. The Morgan fingerprint density at radius 2 is 2.28 bits per heavy atom. The lowest BCUT2D eigenvalue weighted by Crippen LogP contribution is -2.27. The van der Waals surface area contributed by atoms with E-state index in [1.807, 2.05) is 0 Å². The largest absolute Gasteiger partial charge is 0.480 e. The maximum atomic E-state index is 13.7. The number of aliphatic carboxylic acids is 1. The van der Waals surface area contributed by atoms with Crippen LogP contribution in [0.2, 0.25) is 0 Å². The van der Waals surface area contributed by atoms with Gasteiger partial charge >= 0.3 is 5.97 Å². The summed E-state index contributed by atoms with van der Waals surface area (Å²) in [6, 6.07) is 2.97. The number of carboxylic acids is 1. The van der Waals surface area contributed by atoms with Gasteiger partial charge in [0, 0.05) is 0 Å². The first-order valence-electron chi connectivity index (χ1n) is 4.71. The van der Waals surface area contributed by atoms with E-state index < -0.39 is 23.9 Å². The fourth-order valence-corrected chi connectivity index (χ4v) is 1.64. The number of hydrogen-bond acceptors (Lipinski definition) is 4. The Labute approximate surface area is 108 Å². The average Bonchev–Trinajstić information content (AvgIpc) is 2.71. The van der Waals surface area contributed by atoms with Gasteiger partial charge in [0.1, 0.15) is 12.2 Å². The van der Waals surface area contributed by atoms with Crippen molar-refractivity contribution in [2.75, 3.05) is 0 Å². The number of aromatic nitrogens is 2. The maximum absolute atomic E-state index is 13.7. The zero-order valence-corrected chi connectivity index (χ0v) is 10.3. The Morgan fingerprint density at radius 3 is 2.83 bits per heavy atom. The summed E-state index contributed by atoms with van der Waals surface area (Å²) in [4.78, 5) is 25.7. The van der Waals surface area contributed by atoms with Crippen molar-refractivity contribution in [2.45, 2.75) is 6.54 Å². The van der Waals surface area contributed by atoms with E-state index in [2.05, 4.69) is 20.9 Å². The minimum Gasteiger partial charge on any atom is -0.480 e. The Morgan fingerprint density at radius 1 is 1.56 bits per heavy atom. The van der Waals surface area contributed by atoms with Crippen LogP contribution in [0.1, 0.15) is 0 Å². The van der Waals surface area contributed by atoms with Gasteiger partial charge in [0.05, 0.1) is 6.33 Å². The Hall–Kier alpha value is -1.96. The van der Waals surface area contributed by atoms with E-state index in [0.717, 1.165) is 6.33 Å². The molecule has 94 valence electrons. The molecule has 0 aliphatic carbocycles.